The summed E-state index contributed by atoms with van der Waals surface area (Å²) in [5.74, 6) is 0. The number of aliphatic hydroxyl groups is 1. The van der Waals surface area contributed by atoms with Gasteiger partial charge in [-0.1, -0.05) is 6.92 Å². The molecule has 0 aliphatic heterocycles. The van der Waals surface area contributed by atoms with E-state index in [1.807, 2.05) is 0 Å². The zero-order valence-electron chi connectivity index (χ0n) is 9.74. The molecule has 3 N–H and O–H groups in total. The zero-order chi connectivity index (χ0) is 11.0. The molecule has 0 aliphatic carbocycles. The summed E-state index contributed by atoms with van der Waals surface area (Å²) >= 11 is 0. The van der Waals surface area contributed by atoms with E-state index in [2.05, 4.69) is 30.8 Å². The molecular formula is C10H25N3O. The Bertz CT molecular complexity index is 131. The first kappa shape index (κ1) is 13.8. The Kier molecular flexibility index (Phi) is 8.08. The maximum Gasteiger partial charge on any atom is 0.0595 e. The lowest BCUT2D eigenvalue weighted by molar-refractivity contribution is 0.190. The molecule has 0 fully saturated rings. The average molecular weight is 203 g/mol. The Morgan fingerprint density at radius 2 is 1.86 bits per heavy atom. The van der Waals surface area contributed by atoms with Gasteiger partial charge in [-0.25, -0.2) is 0 Å². The minimum absolute atomic E-state index is 0.0716. The minimum atomic E-state index is -0.108. The Morgan fingerprint density at radius 3 is 2.29 bits per heavy atom. The van der Waals surface area contributed by atoms with Crippen molar-refractivity contribution < 1.29 is 5.11 Å². The van der Waals surface area contributed by atoms with E-state index in [1.165, 1.54) is 0 Å². The van der Waals surface area contributed by atoms with Gasteiger partial charge in [0.2, 0.25) is 0 Å². The number of hydrogen-bond acceptors (Lipinski definition) is 4. The molecule has 0 heterocycles. The molecule has 0 aromatic carbocycles. The second-order valence-electron chi connectivity index (χ2n) is 4.05. The molecule has 0 aromatic heterocycles. The SMILES string of the molecule is CCCN(CCN(C)C)CC(N)CO. The van der Waals surface area contributed by atoms with Crippen molar-refractivity contribution in [3.8, 4) is 0 Å². The largest absolute Gasteiger partial charge is 0.395 e. The van der Waals surface area contributed by atoms with Gasteiger partial charge in [-0.15, -0.1) is 0 Å². The number of hydrogen-bond donors (Lipinski definition) is 2. The van der Waals surface area contributed by atoms with E-state index in [0.717, 1.165) is 32.6 Å². The zero-order valence-corrected chi connectivity index (χ0v) is 9.74. The van der Waals surface area contributed by atoms with Gasteiger partial charge in [-0.05, 0) is 27.1 Å². The molecule has 0 saturated carbocycles. The van der Waals surface area contributed by atoms with Gasteiger partial charge in [-0.2, -0.15) is 0 Å². The highest BCUT2D eigenvalue weighted by Gasteiger charge is 2.08. The van der Waals surface area contributed by atoms with Crippen molar-refractivity contribution >= 4 is 0 Å². The van der Waals surface area contributed by atoms with E-state index in [-0.39, 0.29) is 12.6 Å². The second-order valence-corrected chi connectivity index (χ2v) is 4.05. The molecule has 0 amide bonds. The van der Waals surface area contributed by atoms with Crippen molar-refractivity contribution in [2.24, 2.45) is 5.73 Å². The van der Waals surface area contributed by atoms with Crippen LogP contribution in [0.3, 0.4) is 0 Å². The normalized spacial score (nSPS) is 13.9. The van der Waals surface area contributed by atoms with Crippen LogP contribution in [0.2, 0.25) is 0 Å². The molecule has 14 heavy (non-hydrogen) atoms. The van der Waals surface area contributed by atoms with Crippen LogP contribution in [0.25, 0.3) is 0 Å². The number of nitrogens with two attached hydrogens (primary N) is 1. The van der Waals surface area contributed by atoms with E-state index < -0.39 is 0 Å². The molecule has 4 nitrogen and oxygen atoms in total. The standard InChI is InChI=1S/C10H25N3O/c1-4-5-13(7-6-12(2)3)8-10(11)9-14/h10,14H,4-9,11H2,1-3H3. The Labute approximate surface area is 87.7 Å². The molecule has 0 aliphatic rings. The minimum Gasteiger partial charge on any atom is -0.395 e. The summed E-state index contributed by atoms with van der Waals surface area (Å²) in [5.41, 5.74) is 5.71. The Hall–Kier alpha value is -0.160. The van der Waals surface area contributed by atoms with Gasteiger partial charge < -0.3 is 20.6 Å². The van der Waals surface area contributed by atoms with Crippen molar-refractivity contribution in [1.82, 2.24) is 9.80 Å². The topological polar surface area (TPSA) is 52.7 Å². The summed E-state index contributed by atoms with van der Waals surface area (Å²) in [7, 11) is 4.13. The lowest BCUT2D eigenvalue weighted by Gasteiger charge is -2.25. The molecule has 0 spiro atoms. The molecule has 0 radical (unpaired) electrons. The fourth-order valence-electron chi connectivity index (χ4n) is 1.34. The van der Waals surface area contributed by atoms with E-state index in [9.17, 15) is 0 Å². The van der Waals surface area contributed by atoms with Crippen LogP contribution >= 0.6 is 0 Å². The summed E-state index contributed by atoms with van der Waals surface area (Å²) in [4.78, 5) is 4.47. The van der Waals surface area contributed by atoms with Crippen molar-refractivity contribution in [1.29, 1.82) is 0 Å². The third-order valence-corrected chi connectivity index (χ3v) is 2.13. The van der Waals surface area contributed by atoms with Crippen LogP contribution in [-0.4, -0.2) is 67.8 Å². The molecule has 4 heteroatoms. The highest BCUT2D eigenvalue weighted by atomic mass is 16.3. The third-order valence-electron chi connectivity index (χ3n) is 2.13. The summed E-state index contributed by atoms with van der Waals surface area (Å²) in [6.07, 6.45) is 1.13. The van der Waals surface area contributed by atoms with Gasteiger partial charge in [0, 0.05) is 25.7 Å². The number of likely N-dealkylation sites (N-methyl/N-ethyl adjacent to an activating group) is 1. The highest BCUT2D eigenvalue weighted by molar-refractivity contribution is 4.67. The number of rotatable bonds is 8. The predicted molar refractivity (Wildman–Crippen MR) is 60.3 cm³/mol. The maximum atomic E-state index is 8.87. The first-order chi connectivity index (χ1) is 6.60. The summed E-state index contributed by atoms with van der Waals surface area (Å²) in [5, 5.41) is 8.87. The molecule has 1 atom stereocenters. The molecule has 0 bridgehead atoms. The molecule has 0 saturated heterocycles. The lowest BCUT2D eigenvalue weighted by Crippen LogP contribution is -2.42. The van der Waals surface area contributed by atoms with E-state index >= 15 is 0 Å². The van der Waals surface area contributed by atoms with Crippen LogP contribution in [0.4, 0.5) is 0 Å². The van der Waals surface area contributed by atoms with Crippen molar-refractivity contribution in [2.75, 3.05) is 46.9 Å². The average Bonchev–Trinajstić information content (AvgIpc) is 2.14. The molecule has 0 rings (SSSR count). The van der Waals surface area contributed by atoms with Gasteiger partial charge in [0.1, 0.15) is 0 Å². The van der Waals surface area contributed by atoms with Crippen LogP contribution in [0.15, 0.2) is 0 Å². The van der Waals surface area contributed by atoms with Gasteiger partial charge >= 0.3 is 0 Å². The molecule has 1 unspecified atom stereocenters. The predicted octanol–water partition coefficient (Wildman–Crippen LogP) is -0.420. The molecular weight excluding hydrogens is 178 g/mol. The van der Waals surface area contributed by atoms with Crippen molar-refractivity contribution in [3.63, 3.8) is 0 Å². The van der Waals surface area contributed by atoms with E-state index in [0.29, 0.717) is 0 Å². The molecule has 86 valence electrons. The highest BCUT2D eigenvalue weighted by Crippen LogP contribution is 1.94. The van der Waals surface area contributed by atoms with Gasteiger partial charge in [0.15, 0.2) is 0 Å². The van der Waals surface area contributed by atoms with E-state index in [4.69, 9.17) is 10.8 Å². The fraction of sp³-hybridized carbons (Fsp3) is 1.00. The van der Waals surface area contributed by atoms with Crippen molar-refractivity contribution in [3.05, 3.63) is 0 Å². The second kappa shape index (κ2) is 8.17. The van der Waals surface area contributed by atoms with E-state index in [1.54, 1.807) is 0 Å². The summed E-state index contributed by atoms with van der Waals surface area (Å²) in [6.45, 7) is 6.14. The van der Waals surface area contributed by atoms with Crippen molar-refractivity contribution in [2.45, 2.75) is 19.4 Å². The van der Waals surface area contributed by atoms with Crippen LogP contribution in [-0.2, 0) is 0 Å². The quantitative estimate of drug-likeness (QED) is 0.562. The first-order valence-corrected chi connectivity index (χ1v) is 5.33. The van der Waals surface area contributed by atoms with Crippen LogP contribution in [0.1, 0.15) is 13.3 Å². The Morgan fingerprint density at radius 1 is 1.21 bits per heavy atom. The first-order valence-electron chi connectivity index (χ1n) is 5.33. The fourth-order valence-corrected chi connectivity index (χ4v) is 1.34. The van der Waals surface area contributed by atoms with Gasteiger partial charge in [0.25, 0.3) is 0 Å². The third kappa shape index (κ3) is 7.26. The smallest absolute Gasteiger partial charge is 0.0595 e. The lowest BCUT2D eigenvalue weighted by atomic mass is 10.3. The maximum absolute atomic E-state index is 8.87. The summed E-state index contributed by atoms with van der Waals surface area (Å²) in [6, 6.07) is -0.108. The van der Waals surface area contributed by atoms with Crippen LogP contribution in [0, 0.1) is 0 Å². The monoisotopic (exact) mass is 203 g/mol. The van der Waals surface area contributed by atoms with Crippen LogP contribution < -0.4 is 5.73 Å². The van der Waals surface area contributed by atoms with Gasteiger partial charge in [0.05, 0.1) is 6.61 Å². The number of nitrogens with zero attached hydrogens (tertiary/aromatic N) is 2. The summed E-state index contributed by atoms with van der Waals surface area (Å²) < 4.78 is 0. The number of aliphatic hydroxyl groups excluding tert-OH is 1. The Balaban J connectivity index is 3.76. The van der Waals surface area contributed by atoms with Crippen LogP contribution in [0.5, 0.6) is 0 Å². The van der Waals surface area contributed by atoms with Gasteiger partial charge in [-0.3, -0.25) is 0 Å². The molecule has 0 aromatic rings.